The van der Waals surface area contributed by atoms with Crippen LogP contribution in [0.2, 0.25) is 0 Å². The monoisotopic (exact) mass is 209 g/mol. The van der Waals surface area contributed by atoms with Crippen molar-refractivity contribution in [1.29, 1.82) is 0 Å². The van der Waals surface area contributed by atoms with Crippen molar-refractivity contribution in [2.24, 2.45) is 4.99 Å². The molecule has 0 fully saturated rings. The van der Waals surface area contributed by atoms with Gasteiger partial charge in [-0.1, -0.05) is 13.8 Å². The first kappa shape index (κ1) is 10.5. The van der Waals surface area contributed by atoms with Crippen LogP contribution in [-0.2, 0) is 0 Å². The number of hydrogen-bond acceptors (Lipinski definition) is 3. The quantitative estimate of drug-likeness (QED) is 0.425. The number of nitrogens with zero attached hydrogens (tertiary/aromatic N) is 1. The Labute approximate surface area is 88.3 Å². The van der Waals surface area contributed by atoms with E-state index in [1.54, 1.807) is 0 Å². The van der Waals surface area contributed by atoms with E-state index in [2.05, 4.69) is 48.4 Å². The lowest BCUT2D eigenvalue weighted by Gasteiger charge is -2.03. The molecule has 0 saturated heterocycles. The van der Waals surface area contributed by atoms with Gasteiger partial charge in [-0.15, -0.1) is 11.8 Å². The highest BCUT2D eigenvalue weighted by molar-refractivity contribution is 7.99. The molecule has 0 aliphatic rings. The summed E-state index contributed by atoms with van der Waals surface area (Å²) in [6.07, 6.45) is 0. The van der Waals surface area contributed by atoms with Gasteiger partial charge in [0.2, 0.25) is 0 Å². The first-order chi connectivity index (χ1) is 6.22. The van der Waals surface area contributed by atoms with E-state index < -0.39 is 0 Å². The third-order valence-corrected chi connectivity index (χ3v) is 2.49. The summed E-state index contributed by atoms with van der Waals surface area (Å²) in [7, 11) is 0. The van der Waals surface area contributed by atoms with Crippen molar-refractivity contribution in [3.63, 3.8) is 0 Å². The molecule has 0 atom stereocenters. The van der Waals surface area contributed by atoms with Crippen LogP contribution in [0.1, 0.15) is 13.8 Å². The maximum absolute atomic E-state index is 4.51. The largest absolute Gasteiger partial charge is 0.195 e. The lowest BCUT2D eigenvalue weighted by atomic mass is 10.3. The van der Waals surface area contributed by atoms with Crippen LogP contribution < -0.4 is 0 Å². The molecular formula is C10H11NS2. The van der Waals surface area contributed by atoms with Crippen molar-refractivity contribution in [2.75, 3.05) is 0 Å². The molecule has 0 saturated carbocycles. The van der Waals surface area contributed by atoms with E-state index in [4.69, 9.17) is 0 Å². The molecule has 0 unspecified atom stereocenters. The molecule has 3 heteroatoms. The Morgan fingerprint density at radius 3 is 2.38 bits per heavy atom. The molecule has 1 nitrogen and oxygen atoms in total. The fraction of sp³-hybridized carbons (Fsp3) is 0.300. The molecule has 1 rings (SSSR count). The van der Waals surface area contributed by atoms with Gasteiger partial charge >= 0.3 is 0 Å². The molecule has 1 aromatic carbocycles. The average Bonchev–Trinajstić information content (AvgIpc) is 2.08. The van der Waals surface area contributed by atoms with Crippen LogP contribution in [0.15, 0.2) is 34.2 Å². The van der Waals surface area contributed by atoms with E-state index in [-0.39, 0.29) is 0 Å². The van der Waals surface area contributed by atoms with Gasteiger partial charge in [-0.3, -0.25) is 0 Å². The fourth-order valence-corrected chi connectivity index (χ4v) is 1.87. The number of thiocarbonyl (C=S) groups is 1. The normalized spacial score (nSPS) is 9.77. The molecule has 68 valence electrons. The predicted molar refractivity (Wildman–Crippen MR) is 62.1 cm³/mol. The van der Waals surface area contributed by atoms with Gasteiger partial charge in [0.1, 0.15) is 0 Å². The summed E-state index contributed by atoms with van der Waals surface area (Å²) in [5, 5.41) is 2.96. The molecule has 0 N–H and O–H groups in total. The number of hydrogen-bond donors (Lipinski definition) is 0. The van der Waals surface area contributed by atoms with Crippen LogP contribution in [0.3, 0.4) is 0 Å². The van der Waals surface area contributed by atoms with Gasteiger partial charge in [0, 0.05) is 10.1 Å². The van der Waals surface area contributed by atoms with Gasteiger partial charge in [0.25, 0.3) is 0 Å². The molecule has 0 aromatic heterocycles. The van der Waals surface area contributed by atoms with Crippen LogP contribution in [0, 0.1) is 0 Å². The molecule has 0 heterocycles. The lowest BCUT2D eigenvalue weighted by Crippen LogP contribution is -1.84. The minimum Gasteiger partial charge on any atom is -0.195 e. The van der Waals surface area contributed by atoms with Gasteiger partial charge in [-0.05, 0) is 36.5 Å². The highest BCUT2D eigenvalue weighted by atomic mass is 32.2. The Bertz CT molecular complexity index is 310. The summed E-state index contributed by atoms with van der Waals surface area (Å²) < 4.78 is 0. The van der Waals surface area contributed by atoms with E-state index in [1.165, 1.54) is 4.90 Å². The van der Waals surface area contributed by atoms with Crippen LogP contribution in [0.25, 0.3) is 0 Å². The second-order valence-corrected chi connectivity index (χ2v) is 4.70. The first-order valence-electron chi connectivity index (χ1n) is 4.07. The molecule has 0 bridgehead atoms. The predicted octanol–water partition coefficient (Wildman–Crippen LogP) is 3.92. The first-order valence-corrected chi connectivity index (χ1v) is 5.36. The van der Waals surface area contributed by atoms with Crippen LogP contribution >= 0.6 is 24.0 Å². The summed E-state index contributed by atoms with van der Waals surface area (Å²) in [6.45, 7) is 4.35. The zero-order chi connectivity index (χ0) is 9.68. The average molecular weight is 209 g/mol. The van der Waals surface area contributed by atoms with Gasteiger partial charge in [0.05, 0.1) is 10.8 Å². The molecule has 13 heavy (non-hydrogen) atoms. The van der Waals surface area contributed by atoms with Crippen LogP contribution in [0.5, 0.6) is 0 Å². The Balaban J connectivity index is 2.75. The van der Waals surface area contributed by atoms with E-state index in [1.807, 2.05) is 23.9 Å². The van der Waals surface area contributed by atoms with Crippen molar-refractivity contribution in [3.8, 4) is 0 Å². The van der Waals surface area contributed by atoms with Gasteiger partial charge in [0.15, 0.2) is 0 Å². The molecule has 0 aliphatic carbocycles. The zero-order valence-corrected chi connectivity index (χ0v) is 9.28. The fourth-order valence-electron chi connectivity index (χ4n) is 0.924. The summed E-state index contributed by atoms with van der Waals surface area (Å²) >= 11 is 6.35. The Hall–Kier alpha value is -0.630. The zero-order valence-electron chi connectivity index (χ0n) is 7.65. The minimum absolute atomic E-state index is 0.611. The second-order valence-electron chi connectivity index (χ2n) is 2.86. The Morgan fingerprint density at radius 1 is 1.31 bits per heavy atom. The molecule has 0 spiro atoms. The van der Waals surface area contributed by atoms with E-state index in [9.17, 15) is 0 Å². The summed E-state index contributed by atoms with van der Waals surface area (Å²) in [5.74, 6) is 0. The van der Waals surface area contributed by atoms with Crippen molar-refractivity contribution in [2.45, 2.75) is 24.0 Å². The maximum atomic E-state index is 4.51. The summed E-state index contributed by atoms with van der Waals surface area (Å²) in [5.41, 5.74) is 0.864. The Kier molecular flexibility index (Phi) is 4.16. The number of aliphatic imine (C=N–C) groups is 1. The maximum Gasteiger partial charge on any atom is 0.0740 e. The second kappa shape index (κ2) is 5.18. The van der Waals surface area contributed by atoms with Crippen molar-refractivity contribution in [1.82, 2.24) is 0 Å². The molecule has 1 aromatic rings. The van der Waals surface area contributed by atoms with Crippen molar-refractivity contribution < 1.29 is 0 Å². The number of thioether (sulfide) groups is 1. The summed E-state index contributed by atoms with van der Waals surface area (Å²) in [6, 6.07) is 8.00. The Morgan fingerprint density at radius 2 is 1.92 bits per heavy atom. The summed E-state index contributed by atoms with van der Waals surface area (Å²) in [4.78, 5) is 5.14. The van der Waals surface area contributed by atoms with Gasteiger partial charge in [-0.2, -0.15) is 4.99 Å². The van der Waals surface area contributed by atoms with Gasteiger partial charge in [-0.25, -0.2) is 0 Å². The standard InChI is InChI=1S/C10H11NS2/c1-8(2)13-10-5-3-9(4-6-10)11-7-12/h3-6,8H,1-2H3. The molecule has 0 aliphatic heterocycles. The third kappa shape index (κ3) is 3.73. The van der Waals surface area contributed by atoms with E-state index in [0.717, 1.165) is 5.69 Å². The highest BCUT2D eigenvalue weighted by Gasteiger charge is 1.97. The number of isothiocyanates is 1. The van der Waals surface area contributed by atoms with E-state index in [0.29, 0.717) is 5.25 Å². The molecule has 0 amide bonds. The van der Waals surface area contributed by atoms with Crippen molar-refractivity contribution in [3.05, 3.63) is 24.3 Å². The van der Waals surface area contributed by atoms with E-state index >= 15 is 0 Å². The van der Waals surface area contributed by atoms with Crippen molar-refractivity contribution >= 4 is 34.8 Å². The molecule has 0 radical (unpaired) electrons. The molecular weight excluding hydrogens is 198 g/mol. The minimum atomic E-state index is 0.611. The van der Waals surface area contributed by atoms with Crippen LogP contribution in [0.4, 0.5) is 5.69 Å². The van der Waals surface area contributed by atoms with Gasteiger partial charge < -0.3 is 0 Å². The number of benzene rings is 1. The smallest absolute Gasteiger partial charge is 0.0740 e. The SMILES string of the molecule is CC(C)Sc1ccc(N=C=S)cc1. The number of rotatable bonds is 3. The lowest BCUT2D eigenvalue weighted by molar-refractivity contribution is 1.11. The topological polar surface area (TPSA) is 12.4 Å². The highest BCUT2D eigenvalue weighted by Crippen LogP contribution is 2.24. The van der Waals surface area contributed by atoms with Crippen LogP contribution in [-0.4, -0.2) is 10.4 Å². The third-order valence-electron chi connectivity index (χ3n) is 1.38.